The highest BCUT2D eigenvalue weighted by Crippen LogP contribution is 2.33. The topological polar surface area (TPSA) is 88.2 Å². The summed E-state index contributed by atoms with van der Waals surface area (Å²) in [7, 11) is 0. The lowest BCUT2D eigenvalue weighted by atomic mass is 9.83. The lowest BCUT2D eigenvalue weighted by molar-refractivity contribution is -0.141. The van der Waals surface area contributed by atoms with Crippen LogP contribution in [0.1, 0.15) is 39.5 Å². The summed E-state index contributed by atoms with van der Waals surface area (Å²) < 4.78 is 0. The molecule has 36 heavy (non-hydrogen) atoms. The molecule has 4 aliphatic rings. The van der Waals surface area contributed by atoms with Gasteiger partial charge in [0.15, 0.2) is 0 Å². The van der Waals surface area contributed by atoms with Gasteiger partial charge in [0.1, 0.15) is 0 Å². The molecule has 0 radical (unpaired) electrons. The van der Waals surface area contributed by atoms with Gasteiger partial charge in [0.2, 0.25) is 17.7 Å². The van der Waals surface area contributed by atoms with E-state index in [9.17, 15) is 14.4 Å². The zero-order valence-corrected chi connectivity index (χ0v) is 21.6. The lowest BCUT2D eigenvalue weighted by Crippen LogP contribution is -2.61. The maximum absolute atomic E-state index is 13.8. The molecule has 5 rings (SSSR count). The van der Waals surface area contributed by atoms with Crippen LogP contribution in [0.2, 0.25) is 0 Å². The summed E-state index contributed by atoms with van der Waals surface area (Å²) in [5, 5.41) is 4.80. The number of benzene rings is 1. The molecule has 3 aliphatic heterocycles. The Balaban J connectivity index is 1.22. The second kappa shape index (κ2) is 10.9. The summed E-state index contributed by atoms with van der Waals surface area (Å²) in [6, 6.07) is 9.99. The molecule has 0 spiro atoms. The molecule has 3 heterocycles. The van der Waals surface area contributed by atoms with E-state index in [-0.39, 0.29) is 41.6 Å². The Bertz CT molecular complexity index is 942. The van der Waals surface area contributed by atoms with Crippen molar-refractivity contribution >= 4 is 23.4 Å². The third-order valence-electron chi connectivity index (χ3n) is 8.38. The van der Waals surface area contributed by atoms with Gasteiger partial charge in [-0.2, -0.15) is 0 Å². The summed E-state index contributed by atoms with van der Waals surface area (Å²) in [5.41, 5.74) is 4.21. The number of para-hydroxylation sites is 1. The Kier molecular flexibility index (Phi) is 7.60. The third-order valence-corrected chi connectivity index (χ3v) is 8.38. The number of carbonyl (C=O) groups is 3. The average molecular weight is 497 g/mol. The molecule has 1 aromatic carbocycles. The molecule has 1 aromatic rings. The average Bonchev–Trinajstić information content (AvgIpc) is 3.51. The zero-order valence-electron chi connectivity index (χ0n) is 21.6. The van der Waals surface area contributed by atoms with E-state index in [4.69, 9.17) is 0 Å². The minimum atomic E-state index is -0.291. The van der Waals surface area contributed by atoms with Gasteiger partial charge in [-0.3, -0.25) is 24.2 Å². The maximum Gasteiger partial charge on any atom is 0.247 e. The van der Waals surface area contributed by atoms with Crippen LogP contribution in [0, 0.1) is 11.8 Å². The molecule has 3 amide bonds. The van der Waals surface area contributed by atoms with Crippen molar-refractivity contribution in [2.75, 3.05) is 50.8 Å². The summed E-state index contributed by atoms with van der Waals surface area (Å²) in [5.74, 6) is -0.302. The van der Waals surface area contributed by atoms with E-state index in [1.165, 1.54) is 12.8 Å². The van der Waals surface area contributed by atoms with E-state index in [1.54, 1.807) is 5.01 Å². The van der Waals surface area contributed by atoms with Crippen molar-refractivity contribution in [1.29, 1.82) is 0 Å². The molecule has 1 aliphatic carbocycles. The van der Waals surface area contributed by atoms with Gasteiger partial charge in [-0.1, -0.05) is 31.0 Å². The van der Waals surface area contributed by atoms with Crippen molar-refractivity contribution in [3.05, 3.63) is 30.3 Å². The molecular formula is C27H40N6O3. The van der Waals surface area contributed by atoms with Crippen LogP contribution in [0.25, 0.3) is 0 Å². The largest absolute Gasteiger partial charge is 0.352 e. The number of fused-ring (bicyclic) bond motifs is 1. The van der Waals surface area contributed by atoms with E-state index < -0.39 is 0 Å². The van der Waals surface area contributed by atoms with Gasteiger partial charge in [0.05, 0.1) is 30.1 Å². The van der Waals surface area contributed by atoms with Crippen LogP contribution in [0.3, 0.4) is 0 Å². The molecule has 196 valence electrons. The van der Waals surface area contributed by atoms with Crippen LogP contribution in [-0.2, 0) is 14.4 Å². The number of hydrogen-bond donors (Lipinski definition) is 2. The molecule has 2 N–H and O–H groups in total. The van der Waals surface area contributed by atoms with Gasteiger partial charge in [0, 0.05) is 51.4 Å². The van der Waals surface area contributed by atoms with Crippen LogP contribution in [0.15, 0.2) is 30.3 Å². The Labute approximate surface area is 214 Å². The highest BCUT2D eigenvalue weighted by atomic mass is 16.2. The quantitative estimate of drug-likeness (QED) is 0.613. The van der Waals surface area contributed by atoms with Crippen molar-refractivity contribution in [2.45, 2.75) is 57.7 Å². The summed E-state index contributed by atoms with van der Waals surface area (Å²) >= 11 is 0. The molecule has 3 atom stereocenters. The molecule has 9 heteroatoms. The van der Waals surface area contributed by atoms with E-state index >= 15 is 0 Å². The minimum absolute atomic E-state index is 0.0347. The molecule has 1 saturated carbocycles. The Morgan fingerprint density at radius 1 is 1.03 bits per heavy atom. The number of rotatable bonds is 6. The fraction of sp³-hybridized carbons (Fsp3) is 0.667. The number of nitrogens with zero attached hydrogens (tertiary/aromatic N) is 4. The number of amides is 3. The summed E-state index contributed by atoms with van der Waals surface area (Å²) in [4.78, 5) is 46.0. The van der Waals surface area contributed by atoms with E-state index in [0.717, 1.165) is 18.5 Å². The monoisotopic (exact) mass is 496 g/mol. The number of likely N-dealkylation sites (tertiary alicyclic amines) is 1. The maximum atomic E-state index is 13.8. The standard InChI is InChI=1S/C27H40N6O3/c1-19(2)32-16-22(25-23(17-32)27(36)33(29-25)21-10-4-3-5-11-21)26(35)31-14-12-30(13-15-31)18-24(34)28-20-8-6-7-9-20/h3-5,10-11,19-20,22-23,25,29H,6-9,12-18H2,1-2H3,(H,28,34). The number of piperazine rings is 1. The predicted octanol–water partition coefficient (Wildman–Crippen LogP) is 1.07. The van der Waals surface area contributed by atoms with Crippen molar-refractivity contribution < 1.29 is 14.4 Å². The summed E-state index contributed by atoms with van der Waals surface area (Å²) in [6.45, 7) is 8.56. The van der Waals surface area contributed by atoms with Gasteiger partial charge in [-0.05, 0) is 38.8 Å². The van der Waals surface area contributed by atoms with E-state index in [1.807, 2.05) is 35.2 Å². The lowest BCUT2D eigenvalue weighted by Gasteiger charge is -2.43. The molecule has 4 fully saturated rings. The first-order valence-electron chi connectivity index (χ1n) is 13.6. The fourth-order valence-electron chi connectivity index (χ4n) is 6.22. The van der Waals surface area contributed by atoms with Gasteiger partial charge < -0.3 is 10.2 Å². The number of anilines is 1. The number of hydrogen-bond acceptors (Lipinski definition) is 6. The zero-order chi connectivity index (χ0) is 25.2. The third kappa shape index (κ3) is 5.28. The number of nitrogens with one attached hydrogen (secondary N) is 2. The minimum Gasteiger partial charge on any atom is -0.352 e. The highest BCUT2D eigenvalue weighted by Gasteiger charge is 2.52. The number of piperidine rings is 1. The first-order valence-corrected chi connectivity index (χ1v) is 13.6. The van der Waals surface area contributed by atoms with Crippen molar-refractivity contribution in [3.8, 4) is 0 Å². The fourth-order valence-corrected chi connectivity index (χ4v) is 6.22. The van der Waals surface area contributed by atoms with Gasteiger partial charge in [0.25, 0.3) is 0 Å². The first kappa shape index (κ1) is 25.2. The van der Waals surface area contributed by atoms with Gasteiger partial charge in [-0.25, -0.2) is 10.4 Å². The smallest absolute Gasteiger partial charge is 0.247 e. The highest BCUT2D eigenvalue weighted by molar-refractivity contribution is 5.98. The van der Waals surface area contributed by atoms with Crippen LogP contribution < -0.4 is 15.8 Å². The van der Waals surface area contributed by atoms with Crippen molar-refractivity contribution in [1.82, 2.24) is 25.4 Å². The Hall–Kier alpha value is -2.49. The Morgan fingerprint density at radius 3 is 2.39 bits per heavy atom. The SMILES string of the molecule is CC(C)N1CC(C(=O)N2CCN(CC(=O)NC3CCCC3)CC2)C2NN(c3ccccc3)C(=O)C2C1. The molecule has 3 saturated heterocycles. The molecular weight excluding hydrogens is 456 g/mol. The normalized spacial score (nSPS) is 28.1. The van der Waals surface area contributed by atoms with Crippen LogP contribution in [0.5, 0.6) is 0 Å². The first-order chi connectivity index (χ1) is 17.4. The van der Waals surface area contributed by atoms with Crippen LogP contribution >= 0.6 is 0 Å². The molecule has 0 aromatic heterocycles. The predicted molar refractivity (Wildman–Crippen MR) is 138 cm³/mol. The Morgan fingerprint density at radius 2 is 1.72 bits per heavy atom. The van der Waals surface area contributed by atoms with E-state index in [0.29, 0.717) is 51.9 Å². The molecule has 0 bridgehead atoms. The van der Waals surface area contributed by atoms with E-state index in [2.05, 4.69) is 34.4 Å². The van der Waals surface area contributed by atoms with Crippen LogP contribution in [-0.4, -0.2) is 96.4 Å². The second-order valence-corrected chi connectivity index (χ2v) is 11.1. The molecule has 9 nitrogen and oxygen atoms in total. The van der Waals surface area contributed by atoms with Crippen molar-refractivity contribution in [3.63, 3.8) is 0 Å². The van der Waals surface area contributed by atoms with Crippen LogP contribution in [0.4, 0.5) is 5.69 Å². The summed E-state index contributed by atoms with van der Waals surface area (Å²) in [6.07, 6.45) is 4.57. The van der Waals surface area contributed by atoms with Gasteiger partial charge in [-0.15, -0.1) is 0 Å². The second-order valence-electron chi connectivity index (χ2n) is 11.1. The van der Waals surface area contributed by atoms with Crippen molar-refractivity contribution in [2.24, 2.45) is 11.8 Å². The number of hydrazine groups is 1. The molecule has 3 unspecified atom stereocenters. The van der Waals surface area contributed by atoms with Gasteiger partial charge >= 0.3 is 0 Å². The number of carbonyl (C=O) groups excluding carboxylic acids is 3.